The normalized spacial score (nSPS) is 27.7. The summed E-state index contributed by atoms with van der Waals surface area (Å²) >= 11 is -1.80. The third kappa shape index (κ3) is 1.18. The molecule has 1 heterocycles. The molecule has 3 rings (SSSR count). The van der Waals surface area contributed by atoms with Gasteiger partial charge in [-0.3, -0.25) is 0 Å². The first kappa shape index (κ1) is 9.87. The van der Waals surface area contributed by atoms with Crippen LogP contribution in [0.4, 0.5) is 0 Å². The molecule has 0 saturated heterocycles. The van der Waals surface area contributed by atoms with Crippen LogP contribution in [-0.4, -0.2) is 0 Å². The minimum absolute atomic E-state index is 0.672. The molecule has 0 N–H and O–H groups in total. The first-order chi connectivity index (χ1) is 7.12. The Morgan fingerprint density at radius 3 is 1.93 bits per heavy atom. The van der Waals surface area contributed by atoms with Crippen molar-refractivity contribution in [2.45, 2.75) is 30.2 Å². The van der Waals surface area contributed by atoms with Gasteiger partial charge in [-0.15, -0.1) is 0 Å². The molecule has 0 aromatic carbocycles. The van der Waals surface area contributed by atoms with Gasteiger partial charge in [0.1, 0.15) is 0 Å². The Kier molecular flexibility index (Phi) is 2.03. The Balaban J connectivity index is 2.18. The zero-order valence-corrected chi connectivity index (χ0v) is 11.4. The minimum atomic E-state index is -1.80. The Morgan fingerprint density at radius 2 is 1.47 bits per heavy atom. The van der Waals surface area contributed by atoms with Crippen molar-refractivity contribution in [1.29, 1.82) is 0 Å². The monoisotopic (exact) mass is 234 g/mol. The van der Waals surface area contributed by atoms with Crippen LogP contribution in [0.5, 0.6) is 0 Å². The number of rotatable bonds is 0. The van der Waals surface area contributed by atoms with Gasteiger partial charge < -0.3 is 0 Å². The summed E-state index contributed by atoms with van der Waals surface area (Å²) in [5, 5.41) is 5.16. The van der Waals surface area contributed by atoms with E-state index in [9.17, 15) is 0 Å². The second-order valence-electron chi connectivity index (χ2n) is 5.43. The van der Waals surface area contributed by atoms with E-state index in [2.05, 4.69) is 41.7 Å². The van der Waals surface area contributed by atoms with Gasteiger partial charge in [0.25, 0.3) is 0 Å². The summed E-state index contributed by atoms with van der Waals surface area (Å²) < 4.78 is 3.70. The van der Waals surface area contributed by atoms with Gasteiger partial charge in [0.05, 0.1) is 0 Å². The van der Waals surface area contributed by atoms with Crippen LogP contribution >= 0.6 is 0 Å². The summed E-state index contributed by atoms with van der Waals surface area (Å²) in [6.45, 7) is 2.38. The van der Waals surface area contributed by atoms with Crippen molar-refractivity contribution in [3.8, 4) is 0 Å². The summed E-state index contributed by atoms with van der Waals surface area (Å²) in [7, 11) is 0. The summed E-state index contributed by atoms with van der Waals surface area (Å²) in [6.07, 6.45) is 12.0. The number of hydrogen-bond donors (Lipinski definition) is 0. The summed E-state index contributed by atoms with van der Waals surface area (Å²) in [5.74, 6) is 0.672. The summed E-state index contributed by atoms with van der Waals surface area (Å²) in [4.78, 5) is 0. The van der Waals surface area contributed by atoms with Crippen molar-refractivity contribution < 1.29 is 16.6 Å². The van der Waals surface area contributed by atoms with Crippen molar-refractivity contribution in [1.82, 2.24) is 0 Å². The van der Waals surface area contributed by atoms with Crippen LogP contribution < -0.4 is 0 Å². The molecule has 0 radical (unpaired) electrons. The van der Waals surface area contributed by atoms with Crippen LogP contribution in [0.1, 0.15) is 19.8 Å². The molecule has 0 spiro atoms. The quantitative estimate of drug-likeness (QED) is 0.548. The van der Waals surface area contributed by atoms with Crippen molar-refractivity contribution >= 4 is 0 Å². The standard InChI is InChI=1S/C12H12.2CH3.Ti/c1-10(11-6-2-3-7-11)12-8-4-5-9-12;;;/h2,4,6,8,10H,3,5H2,1H3;2*1H3;. The maximum atomic E-state index is 2.58. The fourth-order valence-electron chi connectivity index (χ4n) is 3.44. The zero-order chi connectivity index (χ0) is 10.6. The maximum absolute atomic E-state index is 2.58. The molecule has 3 aliphatic rings. The fourth-order valence-corrected chi connectivity index (χ4v) is 9.16. The van der Waals surface area contributed by atoms with Crippen molar-refractivity contribution in [2.75, 3.05) is 0 Å². The Hall–Kier alpha value is -0.326. The second-order valence-corrected chi connectivity index (χ2v) is 12.4. The van der Waals surface area contributed by atoms with Crippen LogP contribution in [0.15, 0.2) is 43.2 Å². The van der Waals surface area contributed by atoms with Gasteiger partial charge in [0.15, 0.2) is 0 Å². The molecule has 15 heavy (non-hydrogen) atoms. The third-order valence-corrected chi connectivity index (χ3v) is 10.6. The molecular weight excluding hydrogens is 216 g/mol. The zero-order valence-electron chi connectivity index (χ0n) is 9.80. The molecule has 0 aromatic heterocycles. The molecule has 0 saturated carbocycles. The topological polar surface area (TPSA) is 0 Å². The second kappa shape index (κ2) is 3.09. The fraction of sp³-hybridized carbons (Fsp3) is 0.429. The first-order valence-corrected chi connectivity index (χ1v) is 10.6. The van der Waals surface area contributed by atoms with Crippen LogP contribution in [0, 0.1) is 5.92 Å². The van der Waals surface area contributed by atoms with E-state index in [0.717, 1.165) is 0 Å². The predicted molar refractivity (Wildman–Crippen MR) is 62.5 cm³/mol. The van der Waals surface area contributed by atoms with Gasteiger partial charge in [-0.25, -0.2) is 0 Å². The van der Waals surface area contributed by atoms with E-state index in [1.807, 2.05) is 7.76 Å². The van der Waals surface area contributed by atoms with Gasteiger partial charge in [0, 0.05) is 0 Å². The van der Waals surface area contributed by atoms with E-state index in [0.29, 0.717) is 5.92 Å². The Morgan fingerprint density at radius 1 is 1.00 bits per heavy atom. The molecule has 2 aliphatic carbocycles. The Bertz CT molecular complexity index is 404. The number of allylic oxidation sites excluding steroid dienone is 8. The van der Waals surface area contributed by atoms with E-state index in [1.54, 1.807) is 11.1 Å². The van der Waals surface area contributed by atoms with Gasteiger partial charge >= 0.3 is 95.9 Å². The molecule has 1 aliphatic heterocycles. The number of hydrogen-bond acceptors (Lipinski definition) is 0. The third-order valence-electron chi connectivity index (χ3n) is 4.38. The van der Waals surface area contributed by atoms with E-state index >= 15 is 0 Å². The average molecular weight is 234 g/mol. The van der Waals surface area contributed by atoms with E-state index in [-0.39, 0.29) is 0 Å². The van der Waals surface area contributed by atoms with Gasteiger partial charge in [-0.1, -0.05) is 0 Å². The molecule has 78 valence electrons. The molecule has 0 bridgehead atoms. The van der Waals surface area contributed by atoms with Gasteiger partial charge in [0.2, 0.25) is 0 Å². The average Bonchev–Trinajstić information content (AvgIpc) is 2.84. The van der Waals surface area contributed by atoms with Crippen molar-refractivity contribution in [2.24, 2.45) is 5.92 Å². The molecule has 1 heteroatoms. The van der Waals surface area contributed by atoms with Crippen LogP contribution in [-0.2, 0) is 16.6 Å². The first-order valence-electron chi connectivity index (χ1n) is 5.92. The van der Waals surface area contributed by atoms with Crippen molar-refractivity contribution in [3.63, 3.8) is 0 Å². The van der Waals surface area contributed by atoms with Crippen LogP contribution in [0.3, 0.4) is 0 Å². The van der Waals surface area contributed by atoms with E-state index in [4.69, 9.17) is 0 Å². The summed E-state index contributed by atoms with van der Waals surface area (Å²) in [5.41, 5.74) is 3.34. The molecule has 0 atom stereocenters. The molecule has 0 fully saturated rings. The predicted octanol–water partition coefficient (Wildman–Crippen LogP) is 4.31. The van der Waals surface area contributed by atoms with E-state index in [1.165, 1.54) is 12.8 Å². The Labute approximate surface area is 95.8 Å². The molecule has 0 amide bonds. The van der Waals surface area contributed by atoms with Crippen molar-refractivity contribution in [3.05, 3.63) is 43.2 Å². The SMILES string of the molecule is CC1C2=[C](CC=C2)[Ti]([CH3])([CH3])[C]2=C1C=CC2. The van der Waals surface area contributed by atoms with Gasteiger partial charge in [-0.05, 0) is 0 Å². The molecule has 0 aromatic rings. The molecule has 0 nitrogen and oxygen atoms in total. The van der Waals surface area contributed by atoms with E-state index < -0.39 is 16.6 Å². The molecule has 0 unspecified atom stereocenters. The van der Waals surface area contributed by atoms with Gasteiger partial charge in [-0.2, -0.15) is 0 Å². The van der Waals surface area contributed by atoms with Crippen LogP contribution in [0.25, 0.3) is 0 Å². The van der Waals surface area contributed by atoms with Crippen LogP contribution in [0.2, 0.25) is 10.5 Å². The summed E-state index contributed by atoms with van der Waals surface area (Å²) in [6, 6.07) is 0. The molecular formula is C14H18Ti.